The summed E-state index contributed by atoms with van der Waals surface area (Å²) >= 11 is 0. The highest BCUT2D eigenvalue weighted by molar-refractivity contribution is 5.26. The van der Waals surface area contributed by atoms with Crippen LogP contribution in [0.3, 0.4) is 0 Å². The SMILES string of the molecule is CN1CCNC(c2onc3c2COCC3)C1. The van der Waals surface area contributed by atoms with Crippen LogP contribution in [-0.4, -0.2) is 43.3 Å². The quantitative estimate of drug-likeness (QED) is 0.743. The Balaban J connectivity index is 1.85. The molecule has 0 saturated carbocycles. The molecule has 1 aromatic heterocycles. The van der Waals surface area contributed by atoms with Crippen molar-refractivity contribution in [2.75, 3.05) is 33.3 Å². The molecule has 1 saturated heterocycles. The maximum absolute atomic E-state index is 5.49. The van der Waals surface area contributed by atoms with E-state index in [0.29, 0.717) is 6.61 Å². The molecule has 1 fully saturated rings. The molecule has 0 aromatic carbocycles. The Morgan fingerprint density at radius 1 is 1.50 bits per heavy atom. The number of nitrogens with zero attached hydrogens (tertiary/aromatic N) is 2. The van der Waals surface area contributed by atoms with Crippen LogP contribution in [0.15, 0.2) is 4.52 Å². The van der Waals surface area contributed by atoms with Crippen LogP contribution in [0, 0.1) is 0 Å². The Kier molecular flexibility index (Phi) is 2.67. The largest absolute Gasteiger partial charge is 0.376 e. The van der Waals surface area contributed by atoms with E-state index in [1.54, 1.807) is 0 Å². The fraction of sp³-hybridized carbons (Fsp3) is 0.727. The van der Waals surface area contributed by atoms with Gasteiger partial charge in [0.05, 0.1) is 24.9 Å². The van der Waals surface area contributed by atoms with Crippen LogP contribution in [0.25, 0.3) is 0 Å². The predicted octanol–water partition coefficient (Wildman–Crippen LogP) is 0.323. The summed E-state index contributed by atoms with van der Waals surface area (Å²) in [6.45, 7) is 4.47. The topological polar surface area (TPSA) is 50.5 Å². The lowest BCUT2D eigenvalue weighted by molar-refractivity contribution is 0.108. The van der Waals surface area contributed by atoms with Gasteiger partial charge in [-0.25, -0.2) is 0 Å². The highest BCUT2D eigenvalue weighted by atomic mass is 16.5. The van der Waals surface area contributed by atoms with Crippen LogP contribution < -0.4 is 5.32 Å². The van der Waals surface area contributed by atoms with Crippen LogP contribution in [0.2, 0.25) is 0 Å². The van der Waals surface area contributed by atoms with Gasteiger partial charge >= 0.3 is 0 Å². The molecule has 0 aliphatic carbocycles. The Morgan fingerprint density at radius 3 is 3.31 bits per heavy atom. The second kappa shape index (κ2) is 4.16. The van der Waals surface area contributed by atoms with Crippen molar-refractivity contribution >= 4 is 0 Å². The third-order valence-corrected chi connectivity index (χ3v) is 3.32. The summed E-state index contributed by atoms with van der Waals surface area (Å²) in [6.07, 6.45) is 0.876. The molecule has 0 amide bonds. The molecule has 2 aliphatic heterocycles. The zero-order valence-corrected chi connectivity index (χ0v) is 9.53. The number of fused-ring (bicyclic) bond motifs is 1. The number of likely N-dealkylation sites (N-methyl/N-ethyl adjacent to an activating group) is 1. The predicted molar refractivity (Wildman–Crippen MR) is 58.1 cm³/mol. The third kappa shape index (κ3) is 1.75. The fourth-order valence-corrected chi connectivity index (χ4v) is 2.40. The smallest absolute Gasteiger partial charge is 0.160 e. The van der Waals surface area contributed by atoms with Gasteiger partial charge in [0.1, 0.15) is 0 Å². The summed E-state index contributed by atoms with van der Waals surface area (Å²) in [5.74, 6) is 0.973. The third-order valence-electron chi connectivity index (χ3n) is 3.32. The maximum Gasteiger partial charge on any atom is 0.160 e. The van der Waals surface area contributed by atoms with Crippen LogP contribution in [0.5, 0.6) is 0 Å². The van der Waals surface area contributed by atoms with Crippen LogP contribution in [0.4, 0.5) is 0 Å². The van der Waals surface area contributed by atoms with Gasteiger partial charge in [-0.05, 0) is 7.05 Å². The van der Waals surface area contributed by atoms with Crippen LogP contribution in [-0.2, 0) is 17.8 Å². The van der Waals surface area contributed by atoms with Crippen molar-refractivity contribution in [1.82, 2.24) is 15.4 Å². The highest BCUT2D eigenvalue weighted by Gasteiger charge is 2.28. The number of aromatic nitrogens is 1. The van der Waals surface area contributed by atoms with Crippen molar-refractivity contribution in [3.05, 3.63) is 17.0 Å². The van der Waals surface area contributed by atoms with E-state index in [0.717, 1.165) is 44.1 Å². The molecule has 1 N–H and O–H groups in total. The summed E-state index contributed by atoms with van der Waals surface area (Å²) in [6, 6.07) is 0.261. The summed E-state index contributed by atoms with van der Waals surface area (Å²) in [5, 5.41) is 7.61. The number of piperazine rings is 1. The number of hydrogen-bond acceptors (Lipinski definition) is 5. The minimum atomic E-state index is 0.261. The van der Waals surface area contributed by atoms with Gasteiger partial charge in [-0.1, -0.05) is 5.16 Å². The van der Waals surface area contributed by atoms with Gasteiger partial charge in [0.2, 0.25) is 0 Å². The second-order valence-corrected chi connectivity index (χ2v) is 4.54. The van der Waals surface area contributed by atoms with Crippen LogP contribution >= 0.6 is 0 Å². The van der Waals surface area contributed by atoms with Gasteiger partial charge in [0, 0.05) is 31.6 Å². The molecule has 3 heterocycles. The Labute approximate surface area is 94.7 Å². The zero-order chi connectivity index (χ0) is 11.0. The number of rotatable bonds is 1. The first-order valence-corrected chi connectivity index (χ1v) is 5.81. The molecule has 1 unspecified atom stereocenters. The molecule has 0 radical (unpaired) electrons. The van der Waals surface area contributed by atoms with Crippen molar-refractivity contribution in [2.45, 2.75) is 19.1 Å². The van der Waals surface area contributed by atoms with Gasteiger partial charge < -0.3 is 19.5 Å². The van der Waals surface area contributed by atoms with Crippen LogP contribution in [0.1, 0.15) is 23.1 Å². The van der Waals surface area contributed by atoms with Crippen molar-refractivity contribution in [2.24, 2.45) is 0 Å². The first kappa shape index (κ1) is 10.3. The van der Waals surface area contributed by atoms with Gasteiger partial charge in [-0.2, -0.15) is 0 Å². The standard InChI is InChI=1S/C11H17N3O2/c1-14-4-3-12-10(6-14)11-8-7-15-5-2-9(8)13-16-11/h10,12H,2-7H2,1H3. The van der Waals surface area contributed by atoms with E-state index in [9.17, 15) is 0 Å². The molecule has 2 aliphatic rings. The first-order chi connectivity index (χ1) is 7.84. The average Bonchev–Trinajstić information content (AvgIpc) is 2.72. The summed E-state index contributed by atoms with van der Waals surface area (Å²) in [7, 11) is 2.13. The van der Waals surface area contributed by atoms with Crippen molar-refractivity contribution in [3.63, 3.8) is 0 Å². The van der Waals surface area contributed by atoms with E-state index < -0.39 is 0 Å². The Morgan fingerprint density at radius 2 is 2.44 bits per heavy atom. The lowest BCUT2D eigenvalue weighted by Gasteiger charge is -2.30. The van der Waals surface area contributed by atoms with Gasteiger partial charge in [-0.3, -0.25) is 0 Å². The number of nitrogens with one attached hydrogen (secondary N) is 1. The molecule has 16 heavy (non-hydrogen) atoms. The highest BCUT2D eigenvalue weighted by Crippen LogP contribution is 2.26. The maximum atomic E-state index is 5.49. The van der Waals surface area contributed by atoms with E-state index in [2.05, 4.69) is 22.4 Å². The van der Waals surface area contributed by atoms with E-state index in [1.165, 1.54) is 5.56 Å². The molecule has 3 rings (SSSR count). The molecule has 88 valence electrons. The molecule has 0 bridgehead atoms. The van der Waals surface area contributed by atoms with Gasteiger partial charge in [0.15, 0.2) is 5.76 Å². The Bertz CT molecular complexity index is 377. The van der Waals surface area contributed by atoms with E-state index in [-0.39, 0.29) is 6.04 Å². The Hall–Kier alpha value is -0.910. The average molecular weight is 223 g/mol. The van der Waals surface area contributed by atoms with Crippen molar-refractivity contribution < 1.29 is 9.26 Å². The van der Waals surface area contributed by atoms with E-state index in [1.807, 2.05) is 0 Å². The minimum Gasteiger partial charge on any atom is -0.376 e. The van der Waals surface area contributed by atoms with E-state index in [4.69, 9.17) is 9.26 Å². The first-order valence-electron chi connectivity index (χ1n) is 5.81. The molecule has 1 aromatic rings. The lowest BCUT2D eigenvalue weighted by Crippen LogP contribution is -2.43. The number of hydrogen-bond donors (Lipinski definition) is 1. The van der Waals surface area contributed by atoms with E-state index >= 15 is 0 Å². The fourth-order valence-electron chi connectivity index (χ4n) is 2.40. The second-order valence-electron chi connectivity index (χ2n) is 4.54. The van der Waals surface area contributed by atoms with Gasteiger partial charge in [0.25, 0.3) is 0 Å². The molecular formula is C11H17N3O2. The summed E-state index contributed by atoms with van der Waals surface area (Å²) in [5.41, 5.74) is 2.25. The molecule has 1 atom stereocenters. The summed E-state index contributed by atoms with van der Waals surface area (Å²) < 4.78 is 11.0. The van der Waals surface area contributed by atoms with Crippen molar-refractivity contribution in [3.8, 4) is 0 Å². The molecule has 5 nitrogen and oxygen atoms in total. The zero-order valence-electron chi connectivity index (χ0n) is 9.53. The minimum absolute atomic E-state index is 0.261. The molecule has 0 spiro atoms. The monoisotopic (exact) mass is 223 g/mol. The lowest BCUT2D eigenvalue weighted by atomic mass is 10.0. The molecule has 5 heteroatoms. The van der Waals surface area contributed by atoms with Crippen molar-refractivity contribution in [1.29, 1.82) is 0 Å². The summed E-state index contributed by atoms with van der Waals surface area (Å²) in [4.78, 5) is 2.31. The number of ether oxygens (including phenoxy) is 1. The molecular weight excluding hydrogens is 206 g/mol. The van der Waals surface area contributed by atoms with Gasteiger partial charge in [-0.15, -0.1) is 0 Å². The normalized spacial score (nSPS) is 26.7.